The Kier molecular flexibility index (Phi) is 6.42. The molecular weight excluding hydrogens is 274 g/mol. The zero-order valence-corrected chi connectivity index (χ0v) is 14.5. The van der Waals surface area contributed by atoms with Crippen LogP contribution in [0.25, 0.3) is 0 Å². The number of nitrogens with one attached hydrogen (secondary N) is 1. The van der Waals surface area contributed by atoms with E-state index < -0.39 is 0 Å². The summed E-state index contributed by atoms with van der Waals surface area (Å²) in [5.74, 6) is 0.880. The van der Waals surface area contributed by atoms with Gasteiger partial charge in [-0.15, -0.1) is 0 Å². The van der Waals surface area contributed by atoms with Crippen molar-refractivity contribution >= 4 is 0 Å². The highest BCUT2D eigenvalue weighted by atomic mass is 17.2. The fourth-order valence-electron chi connectivity index (χ4n) is 3.31. The lowest BCUT2D eigenvalue weighted by atomic mass is 9.71. The molecule has 0 heterocycles. The SMILES string of the molecule is COOCc1ccc(CNC2CCC(C(C)(C)C)CC2)cc1. The highest BCUT2D eigenvalue weighted by molar-refractivity contribution is 5.21. The molecule has 0 spiro atoms. The third-order valence-electron chi connectivity index (χ3n) is 4.91. The van der Waals surface area contributed by atoms with E-state index in [1.54, 1.807) is 0 Å². The maximum absolute atomic E-state index is 4.94. The van der Waals surface area contributed by atoms with Crippen LogP contribution in [0.1, 0.15) is 57.6 Å². The van der Waals surface area contributed by atoms with E-state index in [-0.39, 0.29) is 0 Å². The van der Waals surface area contributed by atoms with Gasteiger partial charge in [0, 0.05) is 12.6 Å². The van der Waals surface area contributed by atoms with E-state index in [9.17, 15) is 0 Å². The van der Waals surface area contributed by atoms with Gasteiger partial charge in [0.1, 0.15) is 6.61 Å². The van der Waals surface area contributed by atoms with Crippen LogP contribution in [0.15, 0.2) is 24.3 Å². The fraction of sp³-hybridized carbons (Fsp3) is 0.684. The molecule has 3 nitrogen and oxygen atoms in total. The van der Waals surface area contributed by atoms with Crippen molar-refractivity contribution in [3.8, 4) is 0 Å². The minimum absolute atomic E-state index is 0.463. The Bertz CT molecular complexity index is 428. The Hall–Kier alpha value is -0.900. The molecule has 3 heteroatoms. The Balaban J connectivity index is 1.72. The fourth-order valence-corrected chi connectivity index (χ4v) is 3.31. The highest BCUT2D eigenvalue weighted by Crippen LogP contribution is 2.37. The van der Waals surface area contributed by atoms with Crippen molar-refractivity contribution in [3.63, 3.8) is 0 Å². The number of rotatable bonds is 6. The van der Waals surface area contributed by atoms with Crippen LogP contribution in [0.3, 0.4) is 0 Å². The molecule has 1 aliphatic rings. The van der Waals surface area contributed by atoms with Crippen molar-refractivity contribution in [3.05, 3.63) is 35.4 Å². The lowest BCUT2D eigenvalue weighted by Crippen LogP contribution is -2.35. The predicted octanol–water partition coefficient (Wildman–Crippen LogP) is 4.46. The normalized spacial score (nSPS) is 22.7. The van der Waals surface area contributed by atoms with Crippen molar-refractivity contribution in [1.29, 1.82) is 0 Å². The third-order valence-corrected chi connectivity index (χ3v) is 4.91. The first kappa shape index (κ1) is 17.5. The van der Waals surface area contributed by atoms with E-state index >= 15 is 0 Å². The average molecular weight is 305 g/mol. The molecule has 1 aromatic rings. The molecule has 1 fully saturated rings. The first-order valence-electron chi connectivity index (χ1n) is 8.46. The monoisotopic (exact) mass is 305 g/mol. The van der Waals surface area contributed by atoms with Crippen molar-refractivity contribution in [2.75, 3.05) is 7.11 Å². The molecule has 0 amide bonds. The van der Waals surface area contributed by atoms with Gasteiger partial charge < -0.3 is 5.32 Å². The van der Waals surface area contributed by atoms with E-state index in [0.717, 1.165) is 18.0 Å². The summed E-state index contributed by atoms with van der Waals surface area (Å²) in [5, 5.41) is 3.72. The second-order valence-corrected chi connectivity index (χ2v) is 7.54. The second-order valence-electron chi connectivity index (χ2n) is 7.54. The molecular formula is C19H31NO2. The van der Waals surface area contributed by atoms with Crippen LogP contribution in [0.2, 0.25) is 0 Å². The van der Waals surface area contributed by atoms with Crippen LogP contribution in [0, 0.1) is 11.3 Å². The van der Waals surface area contributed by atoms with Crippen molar-refractivity contribution in [2.24, 2.45) is 11.3 Å². The van der Waals surface area contributed by atoms with E-state index in [0.29, 0.717) is 18.1 Å². The maximum atomic E-state index is 4.94. The smallest absolute Gasteiger partial charge is 0.107 e. The third kappa shape index (κ3) is 5.38. The van der Waals surface area contributed by atoms with Crippen LogP contribution in [-0.2, 0) is 22.9 Å². The number of benzene rings is 1. The molecule has 0 bridgehead atoms. The predicted molar refractivity (Wildman–Crippen MR) is 90.3 cm³/mol. The van der Waals surface area contributed by atoms with Gasteiger partial charge in [-0.05, 0) is 48.1 Å². The zero-order chi connectivity index (χ0) is 16.0. The van der Waals surface area contributed by atoms with Gasteiger partial charge >= 0.3 is 0 Å². The standard InChI is InChI=1S/C19H31NO2/c1-19(2,3)17-9-11-18(12-10-17)20-13-15-5-7-16(8-6-15)14-22-21-4/h5-8,17-18,20H,9-14H2,1-4H3. The molecule has 0 radical (unpaired) electrons. The molecule has 1 aliphatic carbocycles. The molecule has 22 heavy (non-hydrogen) atoms. The van der Waals surface area contributed by atoms with E-state index in [1.165, 1.54) is 38.4 Å². The Morgan fingerprint density at radius 1 is 1.00 bits per heavy atom. The Morgan fingerprint density at radius 3 is 2.14 bits per heavy atom. The summed E-state index contributed by atoms with van der Waals surface area (Å²) in [5.41, 5.74) is 2.93. The van der Waals surface area contributed by atoms with Gasteiger partial charge in [0.2, 0.25) is 0 Å². The first-order chi connectivity index (χ1) is 10.5. The second kappa shape index (κ2) is 8.09. The van der Waals surface area contributed by atoms with Crippen molar-refractivity contribution < 1.29 is 9.78 Å². The summed E-state index contributed by atoms with van der Waals surface area (Å²) >= 11 is 0. The molecule has 1 N–H and O–H groups in total. The maximum Gasteiger partial charge on any atom is 0.107 e. The molecule has 0 saturated heterocycles. The van der Waals surface area contributed by atoms with Crippen LogP contribution >= 0.6 is 0 Å². The first-order valence-corrected chi connectivity index (χ1v) is 8.46. The van der Waals surface area contributed by atoms with Gasteiger partial charge in [-0.1, -0.05) is 45.0 Å². The topological polar surface area (TPSA) is 30.5 Å². The van der Waals surface area contributed by atoms with Crippen molar-refractivity contribution in [1.82, 2.24) is 5.32 Å². The quantitative estimate of drug-likeness (QED) is 0.622. The van der Waals surface area contributed by atoms with Crippen molar-refractivity contribution in [2.45, 2.75) is 65.6 Å². The van der Waals surface area contributed by atoms with Gasteiger partial charge in [0.15, 0.2) is 0 Å². The summed E-state index contributed by atoms with van der Waals surface area (Å²) < 4.78 is 0. The summed E-state index contributed by atoms with van der Waals surface area (Å²) in [6.45, 7) is 8.58. The molecule has 1 saturated carbocycles. The van der Waals surface area contributed by atoms with E-state index in [4.69, 9.17) is 4.89 Å². The van der Waals surface area contributed by atoms with Crippen LogP contribution < -0.4 is 5.32 Å². The average Bonchev–Trinajstić information content (AvgIpc) is 2.51. The molecule has 0 aliphatic heterocycles. The molecule has 0 aromatic heterocycles. The van der Waals surface area contributed by atoms with Gasteiger partial charge in [-0.25, -0.2) is 9.78 Å². The minimum atomic E-state index is 0.463. The summed E-state index contributed by atoms with van der Waals surface area (Å²) in [4.78, 5) is 9.56. The Labute approximate surface area is 135 Å². The summed E-state index contributed by atoms with van der Waals surface area (Å²) in [6, 6.07) is 9.22. The number of hydrogen-bond donors (Lipinski definition) is 1. The van der Waals surface area contributed by atoms with Gasteiger partial charge in [0.05, 0.1) is 7.11 Å². The molecule has 124 valence electrons. The molecule has 1 aromatic carbocycles. The van der Waals surface area contributed by atoms with Gasteiger partial charge in [-0.2, -0.15) is 0 Å². The summed E-state index contributed by atoms with van der Waals surface area (Å²) in [6.07, 6.45) is 5.33. The number of hydrogen-bond acceptors (Lipinski definition) is 3. The molecule has 0 unspecified atom stereocenters. The molecule has 2 rings (SSSR count). The lowest BCUT2D eigenvalue weighted by Gasteiger charge is -2.37. The minimum Gasteiger partial charge on any atom is -0.310 e. The van der Waals surface area contributed by atoms with E-state index in [2.05, 4.69) is 55.2 Å². The summed E-state index contributed by atoms with van der Waals surface area (Å²) in [7, 11) is 1.53. The zero-order valence-electron chi connectivity index (χ0n) is 14.5. The van der Waals surface area contributed by atoms with Crippen LogP contribution in [0.5, 0.6) is 0 Å². The highest BCUT2D eigenvalue weighted by Gasteiger charge is 2.29. The van der Waals surface area contributed by atoms with Gasteiger partial charge in [0.25, 0.3) is 0 Å². The lowest BCUT2D eigenvalue weighted by molar-refractivity contribution is -0.282. The largest absolute Gasteiger partial charge is 0.310 e. The van der Waals surface area contributed by atoms with Gasteiger partial charge in [-0.3, -0.25) is 0 Å². The Morgan fingerprint density at radius 2 is 1.59 bits per heavy atom. The molecule has 0 atom stereocenters. The van der Waals surface area contributed by atoms with Crippen LogP contribution in [0.4, 0.5) is 0 Å². The van der Waals surface area contributed by atoms with E-state index in [1.807, 2.05) is 0 Å². The van der Waals surface area contributed by atoms with Crippen LogP contribution in [-0.4, -0.2) is 13.2 Å².